The van der Waals surface area contributed by atoms with E-state index in [1.807, 2.05) is 30.3 Å². The van der Waals surface area contributed by atoms with Crippen molar-refractivity contribution in [1.82, 2.24) is 24.4 Å². The average molecular weight is 436 g/mol. The summed E-state index contributed by atoms with van der Waals surface area (Å²) in [5.74, 6) is 0.952. The number of nitrogens with zero attached hydrogens (tertiary/aromatic N) is 6. The first kappa shape index (κ1) is 20.5. The van der Waals surface area contributed by atoms with Crippen LogP contribution < -0.4 is 5.32 Å². The standard InChI is InChI=1S/C21H21N7O2S/c1-27(2)15-24-31(29,30)17-8-9-19-18(12-17)20(23-13-16-6-4-3-5-7-16)26-21(25-19)28-11-10-22-14-28/h3-12,14-15H,13H2,1-2H3,(H,23,25,26). The van der Waals surface area contributed by atoms with Gasteiger partial charge in [-0.05, 0) is 23.8 Å². The van der Waals surface area contributed by atoms with Gasteiger partial charge in [0.1, 0.15) is 18.5 Å². The van der Waals surface area contributed by atoms with Gasteiger partial charge in [-0.15, -0.1) is 4.40 Å². The van der Waals surface area contributed by atoms with E-state index in [1.54, 1.807) is 54.4 Å². The van der Waals surface area contributed by atoms with E-state index in [2.05, 4.69) is 24.7 Å². The molecule has 0 spiro atoms. The molecule has 2 aromatic carbocycles. The zero-order chi connectivity index (χ0) is 21.8. The van der Waals surface area contributed by atoms with Crippen LogP contribution in [0.5, 0.6) is 0 Å². The zero-order valence-corrected chi connectivity index (χ0v) is 17.9. The number of hydrogen-bond donors (Lipinski definition) is 1. The van der Waals surface area contributed by atoms with Crippen LogP contribution in [0.3, 0.4) is 0 Å². The lowest BCUT2D eigenvalue weighted by atomic mass is 10.2. The Morgan fingerprint density at radius 1 is 1.13 bits per heavy atom. The van der Waals surface area contributed by atoms with Crippen molar-refractivity contribution in [2.24, 2.45) is 4.40 Å². The average Bonchev–Trinajstić information content (AvgIpc) is 3.31. The third-order valence-corrected chi connectivity index (χ3v) is 5.63. The molecule has 9 nitrogen and oxygen atoms in total. The molecule has 0 fully saturated rings. The van der Waals surface area contributed by atoms with Crippen LogP contribution in [0.25, 0.3) is 16.9 Å². The summed E-state index contributed by atoms with van der Waals surface area (Å²) in [5.41, 5.74) is 1.67. The number of benzene rings is 2. The molecule has 4 aromatic rings. The normalized spacial score (nSPS) is 11.8. The fraction of sp³-hybridized carbons (Fsp3) is 0.143. The molecule has 0 radical (unpaired) electrons. The summed E-state index contributed by atoms with van der Waals surface area (Å²) in [6.45, 7) is 0.520. The zero-order valence-electron chi connectivity index (χ0n) is 17.0. The van der Waals surface area contributed by atoms with Crippen LogP contribution in [-0.2, 0) is 16.6 Å². The maximum Gasteiger partial charge on any atom is 0.283 e. The Hall–Kier alpha value is -3.79. The van der Waals surface area contributed by atoms with E-state index in [9.17, 15) is 8.42 Å². The Labute approximate surface area is 180 Å². The molecule has 0 bridgehead atoms. The van der Waals surface area contributed by atoms with Crippen LogP contribution in [0.2, 0.25) is 0 Å². The van der Waals surface area contributed by atoms with E-state index in [-0.39, 0.29) is 4.90 Å². The van der Waals surface area contributed by atoms with Gasteiger partial charge in [-0.2, -0.15) is 13.4 Å². The third kappa shape index (κ3) is 4.69. The smallest absolute Gasteiger partial charge is 0.283 e. The van der Waals surface area contributed by atoms with Crippen molar-refractivity contribution in [3.8, 4) is 5.95 Å². The summed E-state index contributed by atoms with van der Waals surface area (Å²) >= 11 is 0. The minimum absolute atomic E-state index is 0.0693. The third-order valence-electron chi connectivity index (χ3n) is 4.41. The summed E-state index contributed by atoms with van der Waals surface area (Å²) in [6, 6.07) is 14.6. The van der Waals surface area contributed by atoms with Crippen molar-refractivity contribution >= 4 is 33.1 Å². The molecule has 4 rings (SSSR count). The van der Waals surface area contributed by atoms with E-state index in [0.29, 0.717) is 29.2 Å². The molecular formula is C21H21N7O2S. The van der Waals surface area contributed by atoms with E-state index in [4.69, 9.17) is 0 Å². The van der Waals surface area contributed by atoms with E-state index in [1.165, 1.54) is 12.4 Å². The van der Waals surface area contributed by atoms with Gasteiger partial charge in [0.2, 0.25) is 5.95 Å². The maximum absolute atomic E-state index is 12.6. The second-order valence-electron chi connectivity index (χ2n) is 7.02. The highest BCUT2D eigenvalue weighted by molar-refractivity contribution is 7.90. The molecule has 0 aliphatic heterocycles. The molecule has 0 unspecified atom stereocenters. The number of hydrogen-bond acceptors (Lipinski definition) is 6. The first-order valence-electron chi connectivity index (χ1n) is 9.47. The number of anilines is 1. The van der Waals surface area contributed by atoms with Crippen LogP contribution in [0.15, 0.2) is 76.5 Å². The molecule has 10 heteroatoms. The predicted octanol–water partition coefficient (Wildman–Crippen LogP) is 2.71. The van der Waals surface area contributed by atoms with Crippen molar-refractivity contribution in [1.29, 1.82) is 0 Å². The van der Waals surface area contributed by atoms with Crippen LogP contribution >= 0.6 is 0 Å². The topological polar surface area (TPSA) is 105 Å². The summed E-state index contributed by atoms with van der Waals surface area (Å²) in [7, 11) is -0.445. The van der Waals surface area contributed by atoms with Crippen LogP contribution in [-0.4, -0.2) is 53.3 Å². The molecule has 0 aliphatic rings. The van der Waals surface area contributed by atoms with Gasteiger partial charge in [-0.25, -0.2) is 9.97 Å². The number of fused-ring (bicyclic) bond motifs is 1. The van der Waals surface area contributed by atoms with Gasteiger partial charge < -0.3 is 10.2 Å². The summed E-state index contributed by atoms with van der Waals surface area (Å²) in [5, 5.41) is 3.89. The van der Waals surface area contributed by atoms with Gasteiger partial charge in [-0.3, -0.25) is 4.57 Å². The monoisotopic (exact) mass is 435 g/mol. The molecule has 31 heavy (non-hydrogen) atoms. The molecule has 0 saturated heterocycles. The van der Waals surface area contributed by atoms with Crippen molar-refractivity contribution < 1.29 is 8.42 Å². The van der Waals surface area contributed by atoms with Crippen molar-refractivity contribution in [2.75, 3.05) is 19.4 Å². The highest BCUT2D eigenvalue weighted by Gasteiger charge is 2.16. The fourth-order valence-corrected chi connectivity index (χ4v) is 3.82. The Morgan fingerprint density at radius 3 is 2.65 bits per heavy atom. The fourth-order valence-electron chi connectivity index (χ4n) is 2.88. The van der Waals surface area contributed by atoms with Gasteiger partial charge in [0.05, 0.1) is 10.4 Å². The highest BCUT2D eigenvalue weighted by atomic mass is 32.2. The molecule has 2 aromatic heterocycles. The first-order chi connectivity index (χ1) is 14.9. The largest absolute Gasteiger partial charge is 0.368 e. The van der Waals surface area contributed by atoms with Gasteiger partial charge in [0, 0.05) is 38.4 Å². The summed E-state index contributed by atoms with van der Waals surface area (Å²) < 4.78 is 30.7. The Balaban J connectivity index is 1.80. The lowest BCUT2D eigenvalue weighted by Crippen LogP contribution is -2.10. The molecule has 158 valence electrons. The first-order valence-corrected chi connectivity index (χ1v) is 10.9. The second-order valence-corrected chi connectivity index (χ2v) is 8.65. The molecule has 2 heterocycles. The van der Waals surface area contributed by atoms with Crippen LogP contribution in [0, 0.1) is 0 Å². The molecule has 0 atom stereocenters. The van der Waals surface area contributed by atoms with Crippen LogP contribution in [0.1, 0.15) is 5.56 Å². The SMILES string of the molecule is CN(C)C=NS(=O)(=O)c1ccc2nc(-n3ccnc3)nc(NCc3ccccc3)c2c1. The van der Waals surface area contributed by atoms with Crippen LogP contribution in [0.4, 0.5) is 5.82 Å². The van der Waals surface area contributed by atoms with Gasteiger partial charge in [-0.1, -0.05) is 30.3 Å². The Morgan fingerprint density at radius 2 is 1.94 bits per heavy atom. The van der Waals surface area contributed by atoms with Gasteiger partial charge in [0.15, 0.2) is 0 Å². The number of nitrogens with one attached hydrogen (secondary N) is 1. The molecule has 0 amide bonds. The quantitative estimate of drug-likeness (QED) is 0.351. The van der Waals surface area contributed by atoms with E-state index < -0.39 is 10.0 Å². The number of rotatable bonds is 7. The Kier molecular flexibility index (Phi) is 5.63. The van der Waals surface area contributed by atoms with E-state index >= 15 is 0 Å². The number of imidazole rings is 1. The van der Waals surface area contributed by atoms with Gasteiger partial charge >= 0.3 is 0 Å². The molecule has 0 saturated carbocycles. The number of aromatic nitrogens is 4. The maximum atomic E-state index is 12.6. The van der Waals surface area contributed by atoms with Crippen molar-refractivity contribution in [3.05, 3.63) is 72.8 Å². The summed E-state index contributed by atoms with van der Waals surface area (Å²) in [4.78, 5) is 14.9. The second kappa shape index (κ2) is 8.52. The number of sulfonamides is 1. The lowest BCUT2D eigenvalue weighted by molar-refractivity contribution is 0.595. The highest BCUT2D eigenvalue weighted by Crippen LogP contribution is 2.26. The van der Waals surface area contributed by atoms with Crippen molar-refractivity contribution in [2.45, 2.75) is 11.4 Å². The predicted molar refractivity (Wildman–Crippen MR) is 120 cm³/mol. The lowest BCUT2D eigenvalue weighted by Gasteiger charge is -2.12. The Bertz CT molecular complexity index is 1320. The van der Waals surface area contributed by atoms with E-state index in [0.717, 1.165) is 5.56 Å². The molecular weight excluding hydrogens is 414 g/mol. The van der Waals surface area contributed by atoms with Gasteiger partial charge in [0.25, 0.3) is 10.0 Å². The minimum Gasteiger partial charge on any atom is -0.368 e. The molecule has 1 N–H and O–H groups in total. The van der Waals surface area contributed by atoms with Crippen molar-refractivity contribution in [3.63, 3.8) is 0 Å². The summed E-state index contributed by atoms with van der Waals surface area (Å²) in [6.07, 6.45) is 6.25. The molecule has 0 aliphatic carbocycles. The minimum atomic E-state index is -3.85.